The SMILES string of the molecule is COC(=O)Cn1cc(/C=C2\CN(C(c3ccccc3)(c3ccccc3)c3ccccc3)CCC2SC(C)=O)nn1. The van der Waals surface area contributed by atoms with Crippen molar-refractivity contribution < 1.29 is 14.3 Å². The smallest absolute Gasteiger partial charge is 0.327 e. The third kappa shape index (κ3) is 5.78. The van der Waals surface area contributed by atoms with E-state index >= 15 is 0 Å². The molecule has 1 aliphatic rings. The van der Waals surface area contributed by atoms with Crippen LogP contribution in [0.2, 0.25) is 0 Å². The van der Waals surface area contributed by atoms with E-state index in [4.69, 9.17) is 4.74 Å². The van der Waals surface area contributed by atoms with Crippen LogP contribution in [0.5, 0.6) is 0 Å². The molecule has 204 valence electrons. The molecule has 0 aliphatic carbocycles. The molecule has 1 aromatic heterocycles. The summed E-state index contributed by atoms with van der Waals surface area (Å²) in [7, 11) is 1.35. The van der Waals surface area contributed by atoms with E-state index in [1.165, 1.54) is 40.2 Å². The van der Waals surface area contributed by atoms with Gasteiger partial charge in [0, 0.05) is 25.3 Å². The molecule has 1 aliphatic heterocycles. The van der Waals surface area contributed by atoms with Gasteiger partial charge >= 0.3 is 5.97 Å². The first-order valence-electron chi connectivity index (χ1n) is 13.3. The van der Waals surface area contributed by atoms with Crippen molar-refractivity contribution in [2.45, 2.75) is 30.7 Å². The number of benzene rings is 3. The van der Waals surface area contributed by atoms with Gasteiger partial charge in [-0.1, -0.05) is 108 Å². The maximum Gasteiger partial charge on any atom is 0.327 e. The second-order valence-electron chi connectivity index (χ2n) is 9.75. The van der Waals surface area contributed by atoms with Gasteiger partial charge in [0.15, 0.2) is 5.12 Å². The Balaban J connectivity index is 1.63. The fraction of sp³-hybridized carbons (Fsp3) is 0.250. The van der Waals surface area contributed by atoms with Crippen LogP contribution in [0.4, 0.5) is 0 Å². The zero-order valence-corrected chi connectivity index (χ0v) is 23.5. The molecule has 4 aromatic rings. The lowest BCUT2D eigenvalue weighted by molar-refractivity contribution is -0.141. The van der Waals surface area contributed by atoms with Crippen LogP contribution in [-0.2, 0) is 26.4 Å². The molecule has 1 atom stereocenters. The second-order valence-corrected chi connectivity index (χ2v) is 11.1. The highest BCUT2D eigenvalue weighted by Gasteiger charge is 2.44. The third-order valence-electron chi connectivity index (χ3n) is 7.21. The second kappa shape index (κ2) is 12.4. The standard InChI is InChI=1S/C32H32N4O3S/c1-24(37)40-30-18-19-35(21-25(30)20-29-22-36(34-33-29)23-31(38)39-2)32(26-12-6-3-7-13-26,27-14-8-4-9-15-27)28-16-10-5-11-17-28/h3-17,20,22,30H,18-19,21,23H2,1-2H3/b25-20+. The lowest BCUT2D eigenvalue weighted by atomic mass is 9.74. The number of methoxy groups -OCH3 is 1. The summed E-state index contributed by atoms with van der Waals surface area (Å²) in [5.74, 6) is -0.392. The summed E-state index contributed by atoms with van der Waals surface area (Å²) >= 11 is 1.36. The van der Waals surface area contributed by atoms with Crippen molar-refractivity contribution in [2.75, 3.05) is 20.2 Å². The highest BCUT2D eigenvalue weighted by Crippen LogP contribution is 2.45. The van der Waals surface area contributed by atoms with Crippen molar-refractivity contribution in [1.82, 2.24) is 19.9 Å². The number of carbonyl (C=O) groups excluding carboxylic acids is 2. The van der Waals surface area contributed by atoms with E-state index < -0.39 is 11.5 Å². The number of aromatic nitrogens is 3. The Bertz CT molecular complexity index is 1380. The van der Waals surface area contributed by atoms with E-state index in [1.807, 2.05) is 24.3 Å². The van der Waals surface area contributed by atoms with Crippen LogP contribution in [0, 0.1) is 0 Å². The Morgan fingerprint density at radius 2 is 1.50 bits per heavy atom. The van der Waals surface area contributed by atoms with Crippen molar-refractivity contribution in [2.24, 2.45) is 0 Å². The Morgan fingerprint density at radius 1 is 0.950 bits per heavy atom. The van der Waals surface area contributed by atoms with Gasteiger partial charge < -0.3 is 4.74 Å². The van der Waals surface area contributed by atoms with Gasteiger partial charge in [0.05, 0.1) is 18.8 Å². The zero-order chi connectivity index (χ0) is 28.0. The van der Waals surface area contributed by atoms with Crippen LogP contribution in [0.15, 0.2) is 103 Å². The monoisotopic (exact) mass is 552 g/mol. The molecule has 0 radical (unpaired) electrons. The molecule has 2 heterocycles. The van der Waals surface area contributed by atoms with E-state index in [0.29, 0.717) is 12.2 Å². The molecule has 0 amide bonds. The summed E-state index contributed by atoms with van der Waals surface area (Å²) in [6, 6.07) is 31.8. The van der Waals surface area contributed by atoms with Crippen molar-refractivity contribution in [3.63, 3.8) is 0 Å². The summed E-state index contributed by atoms with van der Waals surface area (Å²) < 4.78 is 6.23. The molecule has 1 saturated heterocycles. The van der Waals surface area contributed by atoms with Crippen LogP contribution in [0.3, 0.4) is 0 Å². The number of thioether (sulfide) groups is 1. The van der Waals surface area contributed by atoms with Gasteiger partial charge in [-0.05, 0) is 34.8 Å². The van der Waals surface area contributed by atoms with Gasteiger partial charge in [0.25, 0.3) is 0 Å². The number of likely N-dealkylation sites (tertiary alicyclic amines) is 1. The predicted molar refractivity (Wildman–Crippen MR) is 157 cm³/mol. The Hall–Kier alpha value is -4.01. The van der Waals surface area contributed by atoms with E-state index in [1.54, 1.807) is 13.1 Å². The number of hydrogen-bond acceptors (Lipinski definition) is 7. The number of rotatable bonds is 8. The Kier molecular flexibility index (Phi) is 8.57. The fourth-order valence-electron chi connectivity index (χ4n) is 5.55. The molecule has 40 heavy (non-hydrogen) atoms. The fourth-order valence-corrected chi connectivity index (χ4v) is 6.47. The Morgan fingerprint density at radius 3 is 2.00 bits per heavy atom. The van der Waals surface area contributed by atoms with Gasteiger partial charge in [-0.3, -0.25) is 14.5 Å². The number of piperidine rings is 1. The number of nitrogens with zero attached hydrogens (tertiary/aromatic N) is 4. The minimum Gasteiger partial charge on any atom is -0.468 e. The molecule has 0 spiro atoms. The molecule has 0 N–H and O–H groups in total. The topological polar surface area (TPSA) is 77.3 Å². The van der Waals surface area contributed by atoms with Crippen molar-refractivity contribution in [3.8, 4) is 0 Å². The minimum absolute atomic E-state index is 0.0104. The molecule has 0 saturated carbocycles. The predicted octanol–water partition coefficient (Wildman–Crippen LogP) is 5.18. The average molecular weight is 553 g/mol. The van der Waals surface area contributed by atoms with Gasteiger partial charge in [-0.25, -0.2) is 4.68 Å². The zero-order valence-electron chi connectivity index (χ0n) is 22.6. The summed E-state index contributed by atoms with van der Waals surface area (Å²) in [4.78, 5) is 26.5. The highest BCUT2D eigenvalue weighted by molar-refractivity contribution is 8.14. The number of ether oxygens (including phenoxy) is 1. The Labute approximate surface area is 238 Å². The van der Waals surface area contributed by atoms with Crippen LogP contribution in [0.1, 0.15) is 35.7 Å². The van der Waals surface area contributed by atoms with Gasteiger partial charge in [0.2, 0.25) is 0 Å². The van der Waals surface area contributed by atoms with Crippen LogP contribution < -0.4 is 0 Å². The first-order chi connectivity index (χ1) is 19.5. The summed E-state index contributed by atoms with van der Waals surface area (Å²) in [6.07, 6.45) is 4.54. The first-order valence-corrected chi connectivity index (χ1v) is 14.1. The molecule has 1 fully saturated rings. The van der Waals surface area contributed by atoms with Crippen LogP contribution in [0.25, 0.3) is 6.08 Å². The quantitative estimate of drug-likeness (QED) is 0.220. The maximum atomic E-state index is 12.2. The van der Waals surface area contributed by atoms with E-state index in [2.05, 4.69) is 88.0 Å². The van der Waals surface area contributed by atoms with Crippen molar-refractivity contribution in [1.29, 1.82) is 0 Å². The third-order valence-corrected chi connectivity index (χ3v) is 8.37. The summed E-state index contributed by atoms with van der Waals surface area (Å²) in [6.45, 7) is 3.01. The average Bonchev–Trinajstić information content (AvgIpc) is 3.42. The van der Waals surface area contributed by atoms with Crippen molar-refractivity contribution >= 4 is 28.9 Å². The van der Waals surface area contributed by atoms with E-state index in [0.717, 1.165) is 18.5 Å². The highest BCUT2D eigenvalue weighted by atomic mass is 32.2. The normalized spacial score (nSPS) is 17.1. The van der Waals surface area contributed by atoms with Crippen LogP contribution >= 0.6 is 11.8 Å². The van der Waals surface area contributed by atoms with E-state index in [9.17, 15) is 9.59 Å². The van der Waals surface area contributed by atoms with E-state index in [-0.39, 0.29) is 16.9 Å². The molecule has 0 bridgehead atoms. The first kappa shape index (κ1) is 27.6. The molecule has 3 aromatic carbocycles. The lowest BCUT2D eigenvalue weighted by Crippen LogP contribution is -2.52. The van der Waals surface area contributed by atoms with Gasteiger partial charge in [-0.15, -0.1) is 5.10 Å². The number of carbonyl (C=O) groups is 2. The molecular weight excluding hydrogens is 520 g/mol. The molecule has 7 nitrogen and oxygen atoms in total. The van der Waals surface area contributed by atoms with Gasteiger partial charge in [0.1, 0.15) is 12.2 Å². The summed E-state index contributed by atoms with van der Waals surface area (Å²) in [5.41, 5.74) is 4.69. The van der Waals surface area contributed by atoms with Crippen LogP contribution in [-0.4, -0.2) is 56.4 Å². The largest absolute Gasteiger partial charge is 0.468 e. The lowest BCUT2D eigenvalue weighted by Gasteiger charge is -2.49. The minimum atomic E-state index is -0.558. The van der Waals surface area contributed by atoms with Gasteiger partial charge in [-0.2, -0.15) is 0 Å². The summed E-state index contributed by atoms with van der Waals surface area (Å²) in [5, 5.41) is 8.49. The molecular formula is C32H32N4O3S. The molecule has 1 unspecified atom stereocenters. The molecule has 5 rings (SSSR count). The molecule has 8 heteroatoms. The number of esters is 1. The maximum absolute atomic E-state index is 12.2. The number of hydrogen-bond donors (Lipinski definition) is 0. The van der Waals surface area contributed by atoms with Crippen molar-refractivity contribution in [3.05, 3.63) is 125 Å².